The zero-order chi connectivity index (χ0) is 20.6. The molecule has 0 aliphatic carbocycles. The minimum atomic E-state index is 0.0116. The molecule has 0 atom stereocenters. The fourth-order valence-corrected chi connectivity index (χ4v) is 4.23. The van der Waals surface area contributed by atoms with E-state index in [0.29, 0.717) is 35.6 Å². The molecule has 1 aliphatic heterocycles. The highest BCUT2D eigenvalue weighted by atomic mass is 79.9. The van der Waals surface area contributed by atoms with Gasteiger partial charge in [0.1, 0.15) is 0 Å². The summed E-state index contributed by atoms with van der Waals surface area (Å²) in [5.74, 6) is 1.67. The Morgan fingerprint density at radius 2 is 1.97 bits per heavy atom. The molecule has 1 amide bonds. The van der Waals surface area contributed by atoms with Crippen molar-refractivity contribution in [3.8, 4) is 11.5 Å². The number of rotatable bonds is 8. The molecule has 0 unspecified atom stereocenters. The van der Waals surface area contributed by atoms with Crippen molar-refractivity contribution in [3.63, 3.8) is 0 Å². The Hall–Kier alpha value is -1.77. The molecular weight excluding hydrogens is 474 g/mol. The second-order valence-electron chi connectivity index (χ2n) is 6.32. The van der Waals surface area contributed by atoms with Crippen LogP contribution in [0.5, 0.6) is 11.5 Å². The van der Waals surface area contributed by atoms with Gasteiger partial charge in [0.25, 0.3) is 0 Å². The molecular formula is C21H22BrNO4S2. The first kappa shape index (κ1) is 21.9. The normalized spacial score (nSPS) is 11.9. The molecule has 2 aromatic rings. The van der Waals surface area contributed by atoms with Gasteiger partial charge in [0.2, 0.25) is 17.1 Å². The molecule has 0 saturated heterocycles. The van der Waals surface area contributed by atoms with Gasteiger partial charge in [-0.15, -0.1) is 0 Å². The van der Waals surface area contributed by atoms with Gasteiger partial charge in [-0.1, -0.05) is 58.0 Å². The number of carbonyl (C=O) groups is 1. The SMILES string of the molecule is CCOC(=S)SCC(=O)N(CCc1ccccc1)Cc1cc2c(cc1Br)OCO2. The van der Waals surface area contributed by atoms with Crippen molar-refractivity contribution in [3.05, 3.63) is 58.1 Å². The lowest BCUT2D eigenvalue weighted by Gasteiger charge is -2.24. The van der Waals surface area contributed by atoms with Crippen molar-refractivity contribution in [1.29, 1.82) is 0 Å². The summed E-state index contributed by atoms with van der Waals surface area (Å²) in [5.41, 5.74) is 2.15. The van der Waals surface area contributed by atoms with Crippen molar-refractivity contribution in [2.24, 2.45) is 0 Å². The molecule has 0 bridgehead atoms. The fourth-order valence-electron chi connectivity index (χ4n) is 2.86. The van der Waals surface area contributed by atoms with Crippen LogP contribution in [0.25, 0.3) is 0 Å². The molecule has 0 aromatic heterocycles. The Labute approximate surface area is 188 Å². The van der Waals surface area contributed by atoms with E-state index in [0.717, 1.165) is 16.5 Å². The minimum Gasteiger partial charge on any atom is -0.479 e. The molecule has 0 radical (unpaired) electrons. The summed E-state index contributed by atoms with van der Waals surface area (Å²) < 4.78 is 17.5. The van der Waals surface area contributed by atoms with Gasteiger partial charge >= 0.3 is 0 Å². The van der Waals surface area contributed by atoms with E-state index in [9.17, 15) is 4.79 Å². The maximum atomic E-state index is 12.9. The maximum absolute atomic E-state index is 12.9. The number of ether oxygens (including phenoxy) is 3. The van der Waals surface area contributed by atoms with Gasteiger partial charge in [0, 0.05) is 17.6 Å². The second kappa shape index (κ2) is 10.8. The van der Waals surface area contributed by atoms with Crippen molar-refractivity contribution in [1.82, 2.24) is 4.90 Å². The van der Waals surface area contributed by atoms with Gasteiger partial charge < -0.3 is 19.1 Å². The topological polar surface area (TPSA) is 48.0 Å². The third kappa shape index (κ3) is 6.35. The second-order valence-corrected chi connectivity index (χ2v) is 8.75. The zero-order valence-electron chi connectivity index (χ0n) is 16.1. The van der Waals surface area contributed by atoms with Crippen molar-refractivity contribution in [2.45, 2.75) is 19.9 Å². The Morgan fingerprint density at radius 1 is 1.24 bits per heavy atom. The third-order valence-electron chi connectivity index (χ3n) is 4.34. The molecule has 8 heteroatoms. The fraction of sp³-hybridized carbons (Fsp3) is 0.333. The summed E-state index contributed by atoms with van der Waals surface area (Å²) in [6.07, 6.45) is 0.773. The minimum absolute atomic E-state index is 0.0116. The summed E-state index contributed by atoms with van der Waals surface area (Å²) in [6.45, 7) is 3.66. The molecule has 5 nitrogen and oxygen atoms in total. The van der Waals surface area contributed by atoms with E-state index in [4.69, 9.17) is 26.4 Å². The van der Waals surface area contributed by atoms with Crippen molar-refractivity contribution >= 4 is 50.2 Å². The van der Waals surface area contributed by atoms with Crippen LogP contribution in [-0.4, -0.2) is 40.9 Å². The van der Waals surface area contributed by atoms with Crippen LogP contribution in [0.3, 0.4) is 0 Å². The van der Waals surface area contributed by atoms with E-state index >= 15 is 0 Å². The Balaban J connectivity index is 1.71. The standard InChI is InChI=1S/C21H22BrNO4S2/c1-2-25-21(28)29-13-20(24)23(9-8-15-6-4-3-5-7-15)12-16-10-18-19(11-17(16)22)27-14-26-18/h3-7,10-11H,2,8-9,12-14H2,1H3. The predicted molar refractivity (Wildman–Crippen MR) is 123 cm³/mol. The lowest BCUT2D eigenvalue weighted by molar-refractivity contribution is -0.128. The molecule has 3 rings (SSSR count). The third-order valence-corrected chi connectivity index (χ3v) is 6.30. The van der Waals surface area contributed by atoms with E-state index in [1.165, 1.54) is 17.3 Å². The summed E-state index contributed by atoms with van der Waals surface area (Å²) >= 11 is 9.98. The lowest BCUT2D eigenvalue weighted by atomic mass is 10.1. The Kier molecular flexibility index (Phi) is 8.20. The molecule has 1 aliphatic rings. The number of hydrogen-bond donors (Lipinski definition) is 0. The zero-order valence-corrected chi connectivity index (χ0v) is 19.3. The number of halogens is 1. The molecule has 2 aromatic carbocycles. The summed E-state index contributed by atoms with van der Waals surface area (Å²) in [7, 11) is 0. The largest absolute Gasteiger partial charge is 0.479 e. The average molecular weight is 496 g/mol. The van der Waals surface area contributed by atoms with Crippen LogP contribution < -0.4 is 9.47 Å². The van der Waals surface area contributed by atoms with Gasteiger partial charge in [-0.25, -0.2) is 0 Å². The number of thiocarbonyl (C=S) groups is 1. The van der Waals surface area contributed by atoms with E-state index in [-0.39, 0.29) is 18.5 Å². The van der Waals surface area contributed by atoms with Crippen molar-refractivity contribution < 1.29 is 19.0 Å². The summed E-state index contributed by atoms with van der Waals surface area (Å²) in [6, 6.07) is 13.9. The summed E-state index contributed by atoms with van der Waals surface area (Å²) in [4.78, 5) is 14.8. The van der Waals surface area contributed by atoms with Crippen LogP contribution in [0.1, 0.15) is 18.1 Å². The predicted octanol–water partition coefficient (Wildman–Crippen LogP) is 4.80. The molecule has 0 spiro atoms. The monoisotopic (exact) mass is 495 g/mol. The lowest BCUT2D eigenvalue weighted by Crippen LogP contribution is -2.34. The first-order valence-corrected chi connectivity index (χ1v) is 11.4. The van der Waals surface area contributed by atoms with Gasteiger partial charge in [0.05, 0.1) is 12.4 Å². The number of fused-ring (bicyclic) bond motifs is 1. The van der Waals surface area contributed by atoms with Gasteiger partial charge in [-0.05, 0) is 48.8 Å². The number of nitrogens with zero attached hydrogens (tertiary/aromatic N) is 1. The Bertz CT molecular complexity index is 863. The first-order chi connectivity index (χ1) is 14.1. The molecule has 29 heavy (non-hydrogen) atoms. The highest BCUT2D eigenvalue weighted by Gasteiger charge is 2.20. The highest BCUT2D eigenvalue weighted by Crippen LogP contribution is 2.37. The van der Waals surface area contributed by atoms with Gasteiger partial charge in [-0.2, -0.15) is 0 Å². The molecule has 0 N–H and O–H groups in total. The van der Waals surface area contributed by atoms with E-state index in [1.807, 2.05) is 42.2 Å². The number of thioether (sulfide) groups is 1. The van der Waals surface area contributed by atoms with Gasteiger partial charge in [-0.3, -0.25) is 4.79 Å². The number of benzene rings is 2. The average Bonchev–Trinajstić information content (AvgIpc) is 3.17. The molecule has 154 valence electrons. The van der Waals surface area contributed by atoms with E-state index in [1.54, 1.807) is 0 Å². The molecule has 0 saturated carbocycles. The maximum Gasteiger partial charge on any atom is 0.233 e. The van der Waals surface area contributed by atoms with Gasteiger partial charge in [0.15, 0.2) is 11.5 Å². The number of amides is 1. The van der Waals surface area contributed by atoms with Crippen LogP contribution >= 0.6 is 39.9 Å². The quantitative estimate of drug-likeness (QED) is 0.490. The smallest absolute Gasteiger partial charge is 0.233 e. The van der Waals surface area contributed by atoms with Crippen molar-refractivity contribution in [2.75, 3.05) is 25.7 Å². The number of carbonyl (C=O) groups excluding carboxylic acids is 1. The number of hydrogen-bond acceptors (Lipinski definition) is 6. The van der Waals surface area contributed by atoms with Crippen LogP contribution in [0.2, 0.25) is 0 Å². The van der Waals surface area contributed by atoms with Crippen LogP contribution in [0, 0.1) is 0 Å². The Morgan fingerprint density at radius 3 is 2.69 bits per heavy atom. The van der Waals surface area contributed by atoms with Crippen LogP contribution in [-0.2, 0) is 22.5 Å². The first-order valence-electron chi connectivity index (χ1n) is 9.26. The molecule has 1 heterocycles. The van der Waals surface area contributed by atoms with E-state index < -0.39 is 0 Å². The molecule has 0 fully saturated rings. The summed E-state index contributed by atoms with van der Waals surface area (Å²) in [5, 5.41) is 0. The van der Waals surface area contributed by atoms with Crippen LogP contribution in [0.15, 0.2) is 46.9 Å². The highest BCUT2D eigenvalue weighted by molar-refractivity contribution is 9.10. The van der Waals surface area contributed by atoms with E-state index in [2.05, 4.69) is 28.1 Å². The van der Waals surface area contributed by atoms with Crippen LogP contribution in [0.4, 0.5) is 0 Å².